The van der Waals surface area contributed by atoms with Crippen LogP contribution in [0.5, 0.6) is 5.75 Å². The predicted octanol–water partition coefficient (Wildman–Crippen LogP) is 3.21. The molecule has 1 aromatic heterocycles. The minimum Gasteiger partial charge on any atom is -0.506 e. The van der Waals surface area contributed by atoms with E-state index in [0.29, 0.717) is 12.3 Å². The highest BCUT2D eigenvalue weighted by molar-refractivity contribution is 9.10. The van der Waals surface area contributed by atoms with E-state index in [9.17, 15) is 5.11 Å². The zero-order valence-corrected chi connectivity index (χ0v) is 11.8. The van der Waals surface area contributed by atoms with Crippen LogP contribution >= 0.6 is 27.3 Å². The molecule has 0 amide bonds. The minimum atomic E-state index is 0.301. The van der Waals surface area contributed by atoms with Crippen LogP contribution in [0.15, 0.2) is 28.9 Å². The molecular weight excluding hydrogens is 300 g/mol. The van der Waals surface area contributed by atoms with Gasteiger partial charge in [-0.1, -0.05) is 12.1 Å². The Labute approximate surface area is 113 Å². The van der Waals surface area contributed by atoms with Gasteiger partial charge >= 0.3 is 0 Å². The van der Waals surface area contributed by atoms with Gasteiger partial charge in [0, 0.05) is 29.7 Å². The molecule has 1 heterocycles. The molecule has 0 atom stereocenters. The van der Waals surface area contributed by atoms with Crippen molar-refractivity contribution in [3.63, 3.8) is 0 Å². The lowest BCUT2D eigenvalue weighted by Crippen LogP contribution is -2.12. The van der Waals surface area contributed by atoms with Gasteiger partial charge in [0.1, 0.15) is 10.8 Å². The quantitative estimate of drug-likeness (QED) is 0.911. The molecule has 0 saturated carbocycles. The fourth-order valence-corrected chi connectivity index (χ4v) is 2.65. The van der Waals surface area contributed by atoms with Crippen LogP contribution in [0.4, 0.5) is 0 Å². The molecule has 0 aliphatic rings. The summed E-state index contributed by atoms with van der Waals surface area (Å²) in [5.74, 6) is 0.301. The van der Waals surface area contributed by atoms with E-state index in [0.717, 1.165) is 21.6 Å². The Morgan fingerprint density at radius 1 is 1.41 bits per heavy atom. The van der Waals surface area contributed by atoms with E-state index in [4.69, 9.17) is 0 Å². The van der Waals surface area contributed by atoms with E-state index >= 15 is 0 Å². The third-order valence-corrected chi connectivity index (χ3v) is 3.88. The fourth-order valence-electron chi connectivity index (χ4n) is 1.49. The molecule has 2 aromatic rings. The van der Waals surface area contributed by atoms with Crippen LogP contribution in [-0.2, 0) is 13.1 Å². The molecular formula is C12H13BrN2OS. The van der Waals surface area contributed by atoms with Gasteiger partial charge in [-0.3, -0.25) is 0 Å². The van der Waals surface area contributed by atoms with Crippen molar-refractivity contribution >= 4 is 27.3 Å². The molecule has 1 aromatic carbocycles. The molecule has 2 N–H and O–H groups in total. The van der Waals surface area contributed by atoms with Gasteiger partial charge in [0.2, 0.25) is 0 Å². The largest absolute Gasteiger partial charge is 0.506 e. The summed E-state index contributed by atoms with van der Waals surface area (Å²) in [6, 6.07) is 5.64. The van der Waals surface area contributed by atoms with Crippen molar-refractivity contribution in [2.24, 2.45) is 0 Å². The van der Waals surface area contributed by atoms with Crippen molar-refractivity contribution in [1.82, 2.24) is 10.3 Å². The maximum Gasteiger partial charge on any atom is 0.134 e. The number of nitrogens with zero attached hydrogens (tertiary/aromatic N) is 1. The van der Waals surface area contributed by atoms with Gasteiger partial charge in [-0.05, 0) is 28.9 Å². The van der Waals surface area contributed by atoms with Crippen LogP contribution in [0, 0.1) is 6.92 Å². The van der Waals surface area contributed by atoms with E-state index in [1.54, 1.807) is 11.3 Å². The molecule has 3 nitrogen and oxygen atoms in total. The maximum atomic E-state index is 9.80. The van der Waals surface area contributed by atoms with Gasteiger partial charge in [0.25, 0.3) is 0 Å². The lowest BCUT2D eigenvalue weighted by molar-refractivity contribution is 0.461. The number of rotatable bonds is 4. The highest BCUT2D eigenvalue weighted by atomic mass is 79.9. The molecule has 0 aliphatic heterocycles. The van der Waals surface area contributed by atoms with E-state index in [1.807, 2.05) is 31.3 Å². The van der Waals surface area contributed by atoms with E-state index in [1.165, 1.54) is 4.88 Å². The molecule has 0 spiro atoms. The lowest BCUT2D eigenvalue weighted by atomic mass is 10.2. The molecule has 0 saturated heterocycles. The number of nitrogens with one attached hydrogen (secondary N) is 1. The van der Waals surface area contributed by atoms with Gasteiger partial charge in [0.05, 0.1) is 4.47 Å². The van der Waals surface area contributed by atoms with Crippen LogP contribution in [0.25, 0.3) is 0 Å². The van der Waals surface area contributed by atoms with Crippen molar-refractivity contribution in [2.75, 3.05) is 0 Å². The summed E-state index contributed by atoms with van der Waals surface area (Å²) in [7, 11) is 0. The normalized spacial score (nSPS) is 10.7. The topological polar surface area (TPSA) is 45.2 Å². The Hall–Kier alpha value is -0.910. The summed E-state index contributed by atoms with van der Waals surface area (Å²) in [6.45, 7) is 3.40. The van der Waals surface area contributed by atoms with Crippen molar-refractivity contribution in [3.8, 4) is 5.75 Å². The number of aromatic hydroxyl groups is 1. The van der Waals surface area contributed by atoms with Gasteiger partial charge in [0.15, 0.2) is 0 Å². The molecule has 0 radical (unpaired) electrons. The van der Waals surface area contributed by atoms with E-state index in [2.05, 4.69) is 26.2 Å². The lowest BCUT2D eigenvalue weighted by Gasteiger charge is -2.06. The molecule has 90 valence electrons. The second-order valence-electron chi connectivity index (χ2n) is 3.72. The molecule has 0 fully saturated rings. The summed E-state index contributed by atoms with van der Waals surface area (Å²) < 4.78 is 0.724. The maximum absolute atomic E-state index is 9.80. The Morgan fingerprint density at radius 3 is 2.94 bits per heavy atom. The van der Waals surface area contributed by atoms with Crippen molar-refractivity contribution < 1.29 is 5.11 Å². The highest BCUT2D eigenvalue weighted by Crippen LogP contribution is 2.27. The SMILES string of the molecule is Cc1cnc(CNCc2cccc(Br)c2O)s1. The van der Waals surface area contributed by atoms with Gasteiger partial charge in [-0.2, -0.15) is 0 Å². The molecule has 2 rings (SSSR count). The average Bonchev–Trinajstić information content (AvgIpc) is 2.70. The molecule has 0 aliphatic carbocycles. The first-order valence-electron chi connectivity index (χ1n) is 5.25. The highest BCUT2D eigenvalue weighted by Gasteiger charge is 2.04. The van der Waals surface area contributed by atoms with Crippen LogP contribution in [0.3, 0.4) is 0 Å². The Bertz CT molecular complexity index is 513. The zero-order chi connectivity index (χ0) is 12.3. The van der Waals surface area contributed by atoms with Gasteiger partial charge < -0.3 is 10.4 Å². The van der Waals surface area contributed by atoms with Gasteiger partial charge in [-0.15, -0.1) is 11.3 Å². The fraction of sp³-hybridized carbons (Fsp3) is 0.250. The summed E-state index contributed by atoms with van der Waals surface area (Å²) in [6.07, 6.45) is 1.87. The molecule has 5 heteroatoms. The van der Waals surface area contributed by atoms with Crippen LogP contribution in [0.2, 0.25) is 0 Å². The third kappa shape index (κ3) is 3.28. The number of para-hydroxylation sites is 1. The van der Waals surface area contributed by atoms with Crippen LogP contribution in [0.1, 0.15) is 15.4 Å². The zero-order valence-electron chi connectivity index (χ0n) is 9.40. The van der Waals surface area contributed by atoms with Crippen molar-refractivity contribution in [2.45, 2.75) is 20.0 Å². The van der Waals surface area contributed by atoms with Crippen molar-refractivity contribution in [3.05, 3.63) is 44.3 Å². The number of thiazole rings is 1. The molecule has 0 unspecified atom stereocenters. The number of phenols is 1. The number of hydrogen-bond acceptors (Lipinski definition) is 4. The number of hydrogen-bond donors (Lipinski definition) is 2. The van der Waals surface area contributed by atoms with E-state index in [-0.39, 0.29) is 0 Å². The monoisotopic (exact) mass is 312 g/mol. The summed E-state index contributed by atoms with van der Waals surface area (Å²) in [5, 5.41) is 14.1. The Balaban J connectivity index is 1.92. The number of halogens is 1. The summed E-state index contributed by atoms with van der Waals surface area (Å²) >= 11 is 4.98. The minimum absolute atomic E-state index is 0.301. The second-order valence-corrected chi connectivity index (χ2v) is 5.89. The second kappa shape index (κ2) is 5.62. The Morgan fingerprint density at radius 2 is 2.24 bits per heavy atom. The Kier molecular flexibility index (Phi) is 4.15. The predicted molar refractivity (Wildman–Crippen MR) is 73.2 cm³/mol. The van der Waals surface area contributed by atoms with Crippen molar-refractivity contribution in [1.29, 1.82) is 0 Å². The smallest absolute Gasteiger partial charge is 0.134 e. The summed E-state index contributed by atoms with van der Waals surface area (Å²) in [5.41, 5.74) is 0.882. The number of benzene rings is 1. The number of phenolic OH excluding ortho intramolecular Hbond substituents is 1. The first kappa shape index (κ1) is 12.5. The standard InChI is InChI=1S/C12H13BrN2OS/c1-8-5-15-11(17-8)7-14-6-9-3-2-4-10(13)12(9)16/h2-5,14,16H,6-7H2,1H3. The van der Waals surface area contributed by atoms with Gasteiger partial charge in [-0.25, -0.2) is 4.98 Å². The van der Waals surface area contributed by atoms with Crippen LogP contribution < -0.4 is 5.32 Å². The third-order valence-electron chi connectivity index (χ3n) is 2.33. The first-order chi connectivity index (χ1) is 8.16. The molecule has 17 heavy (non-hydrogen) atoms. The van der Waals surface area contributed by atoms with Crippen LogP contribution in [-0.4, -0.2) is 10.1 Å². The number of aromatic nitrogens is 1. The summed E-state index contributed by atoms with van der Waals surface area (Å²) in [4.78, 5) is 5.49. The number of aryl methyl sites for hydroxylation is 1. The first-order valence-corrected chi connectivity index (χ1v) is 6.86. The van der Waals surface area contributed by atoms with E-state index < -0.39 is 0 Å². The average molecular weight is 313 g/mol. The molecule has 0 bridgehead atoms.